The van der Waals surface area contributed by atoms with E-state index in [1.807, 2.05) is 18.2 Å². The van der Waals surface area contributed by atoms with E-state index in [1.54, 1.807) is 4.90 Å². The van der Waals surface area contributed by atoms with Gasteiger partial charge in [0.15, 0.2) is 5.76 Å². The summed E-state index contributed by atoms with van der Waals surface area (Å²) in [5.41, 5.74) is 1.12. The molecule has 1 N–H and O–H groups in total. The van der Waals surface area contributed by atoms with Crippen LogP contribution in [0.5, 0.6) is 0 Å². The smallest absolute Gasteiger partial charge is 0.288 e. The van der Waals surface area contributed by atoms with Crippen LogP contribution < -0.4 is 0 Å². The van der Waals surface area contributed by atoms with E-state index in [9.17, 15) is 4.79 Å². The van der Waals surface area contributed by atoms with Gasteiger partial charge in [0.05, 0.1) is 19.8 Å². The first-order chi connectivity index (χ1) is 13.2. The van der Waals surface area contributed by atoms with E-state index in [-0.39, 0.29) is 18.4 Å². The summed E-state index contributed by atoms with van der Waals surface area (Å²) in [4.78, 5) is 14.7. The van der Waals surface area contributed by atoms with Crippen molar-refractivity contribution in [3.05, 3.63) is 46.1 Å². The molecule has 0 radical (unpaired) electrons. The van der Waals surface area contributed by atoms with Crippen molar-refractivity contribution in [1.82, 2.24) is 4.90 Å². The largest absolute Gasteiger partial charge is 0.459 e. The van der Waals surface area contributed by atoms with Gasteiger partial charge in [0, 0.05) is 36.5 Å². The summed E-state index contributed by atoms with van der Waals surface area (Å²) in [7, 11) is 0. The van der Waals surface area contributed by atoms with E-state index in [0.29, 0.717) is 51.5 Å². The molecule has 148 valence electrons. The van der Waals surface area contributed by atoms with Gasteiger partial charge in [0.2, 0.25) is 6.29 Å². The minimum Gasteiger partial charge on any atom is -0.459 e. The van der Waals surface area contributed by atoms with Gasteiger partial charge in [0.1, 0.15) is 0 Å². The van der Waals surface area contributed by atoms with Crippen molar-refractivity contribution in [2.45, 2.75) is 31.5 Å². The Bertz CT molecular complexity index is 642. The van der Waals surface area contributed by atoms with Crippen molar-refractivity contribution in [2.24, 2.45) is 0 Å². The molecule has 0 saturated carbocycles. The van der Waals surface area contributed by atoms with E-state index in [2.05, 4.69) is 28.1 Å². The molecule has 7 heteroatoms. The molecule has 6 nitrogen and oxygen atoms in total. The van der Waals surface area contributed by atoms with Crippen LogP contribution in [0.15, 0.2) is 40.6 Å². The highest BCUT2D eigenvalue weighted by molar-refractivity contribution is 9.10. The molecule has 0 aromatic heterocycles. The number of halogens is 1. The molecule has 2 atom stereocenters. The molecule has 0 aliphatic carbocycles. The van der Waals surface area contributed by atoms with Gasteiger partial charge >= 0.3 is 0 Å². The number of aliphatic hydroxyl groups excluding tert-OH is 1. The van der Waals surface area contributed by atoms with Gasteiger partial charge in [-0.3, -0.25) is 4.79 Å². The zero-order valence-electron chi connectivity index (χ0n) is 15.3. The zero-order chi connectivity index (χ0) is 19.1. The lowest BCUT2D eigenvalue weighted by atomic mass is 9.93. The molecular formula is C20H26BrNO5. The van der Waals surface area contributed by atoms with Gasteiger partial charge < -0.3 is 24.2 Å². The van der Waals surface area contributed by atoms with Crippen molar-refractivity contribution < 1.29 is 24.1 Å². The molecule has 0 unspecified atom stereocenters. The summed E-state index contributed by atoms with van der Waals surface area (Å²) >= 11 is 3.46. The zero-order valence-corrected chi connectivity index (χ0v) is 16.9. The third kappa shape index (κ3) is 5.78. The Labute approximate surface area is 168 Å². The summed E-state index contributed by atoms with van der Waals surface area (Å²) in [6.07, 6.45) is 3.55. The number of aliphatic hydroxyl groups is 1. The number of ether oxygens (including phenoxy) is 3. The van der Waals surface area contributed by atoms with Crippen molar-refractivity contribution in [1.29, 1.82) is 0 Å². The summed E-state index contributed by atoms with van der Waals surface area (Å²) in [5.74, 6) is 0.293. The average Bonchev–Trinajstić information content (AvgIpc) is 2.71. The second-order valence-electron chi connectivity index (χ2n) is 6.68. The van der Waals surface area contributed by atoms with Gasteiger partial charge in [-0.05, 0) is 36.6 Å². The van der Waals surface area contributed by atoms with E-state index >= 15 is 0 Å². The third-order valence-electron chi connectivity index (χ3n) is 4.72. The summed E-state index contributed by atoms with van der Waals surface area (Å²) in [5, 5.41) is 8.92. The Morgan fingerprint density at radius 3 is 2.67 bits per heavy atom. The fraction of sp³-hybridized carbons (Fsp3) is 0.550. The summed E-state index contributed by atoms with van der Waals surface area (Å²) in [6, 6.07) is 8.10. The fourth-order valence-electron chi connectivity index (χ4n) is 3.20. The van der Waals surface area contributed by atoms with E-state index in [1.165, 1.54) is 0 Å². The van der Waals surface area contributed by atoms with Crippen LogP contribution in [0.1, 0.15) is 30.7 Å². The van der Waals surface area contributed by atoms with Crippen LogP contribution in [0.3, 0.4) is 0 Å². The number of carbonyl (C=O) groups is 1. The minimum absolute atomic E-state index is 0.0506. The second kappa shape index (κ2) is 10.2. The minimum atomic E-state index is -0.470. The van der Waals surface area contributed by atoms with Crippen LogP contribution >= 0.6 is 15.9 Å². The van der Waals surface area contributed by atoms with Crippen molar-refractivity contribution in [3.8, 4) is 0 Å². The Morgan fingerprint density at radius 2 is 1.96 bits per heavy atom. The Hall–Kier alpha value is -1.41. The Morgan fingerprint density at radius 1 is 1.22 bits per heavy atom. The third-order valence-corrected chi connectivity index (χ3v) is 5.25. The number of amides is 1. The van der Waals surface area contributed by atoms with Crippen LogP contribution in [0.25, 0.3) is 0 Å². The number of hydrogen-bond donors (Lipinski definition) is 1. The number of hydrogen-bond acceptors (Lipinski definition) is 5. The number of rotatable bonds is 7. The molecule has 1 fully saturated rings. The van der Waals surface area contributed by atoms with Crippen LogP contribution in [-0.2, 0) is 19.0 Å². The van der Waals surface area contributed by atoms with Crippen molar-refractivity contribution in [2.75, 3.05) is 39.5 Å². The molecule has 0 bridgehead atoms. The number of benzene rings is 1. The van der Waals surface area contributed by atoms with Crippen LogP contribution in [-0.4, -0.2) is 61.7 Å². The second-order valence-corrected chi connectivity index (χ2v) is 7.59. The maximum atomic E-state index is 12.9. The monoisotopic (exact) mass is 439 g/mol. The fourth-order valence-corrected chi connectivity index (χ4v) is 3.47. The molecule has 2 aliphatic heterocycles. The van der Waals surface area contributed by atoms with Crippen LogP contribution in [0.4, 0.5) is 0 Å². The van der Waals surface area contributed by atoms with Gasteiger partial charge in [0.25, 0.3) is 5.91 Å². The molecule has 1 saturated heterocycles. The highest BCUT2D eigenvalue weighted by Crippen LogP contribution is 2.32. The number of allylic oxidation sites excluding steroid dienone is 1. The van der Waals surface area contributed by atoms with E-state index in [4.69, 9.17) is 19.3 Å². The normalized spacial score (nSPS) is 22.9. The molecule has 0 spiro atoms. The van der Waals surface area contributed by atoms with Crippen molar-refractivity contribution >= 4 is 21.8 Å². The number of nitrogens with zero attached hydrogens (tertiary/aromatic N) is 1. The summed E-state index contributed by atoms with van der Waals surface area (Å²) < 4.78 is 18.1. The van der Waals surface area contributed by atoms with Crippen LogP contribution in [0, 0.1) is 0 Å². The maximum absolute atomic E-state index is 12.9. The highest BCUT2D eigenvalue weighted by Gasteiger charge is 2.31. The first-order valence-corrected chi connectivity index (χ1v) is 10.2. The predicted molar refractivity (Wildman–Crippen MR) is 104 cm³/mol. The Balaban J connectivity index is 1.73. The SMILES string of the molecule is O=C(C1=C[C@@H](c2ccc(Br)cc2)C[C@@H](OCCCCO)O1)N1CCOCC1. The lowest BCUT2D eigenvalue weighted by molar-refractivity contribution is -0.155. The highest BCUT2D eigenvalue weighted by atomic mass is 79.9. The maximum Gasteiger partial charge on any atom is 0.288 e. The lowest BCUT2D eigenvalue weighted by Gasteiger charge is -2.33. The van der Waals surface area contributed by atoms with Gasteiger partial charge in [-0.15, -0.1) is 0 Å². The first-order valence-electron chi connectivity index (χ1n) is 9.41. The molecule has 1 aromatic carbocycles. The van der Waals surface area contributed by atoms with E-state index in [0.717, 1.165) is 16.5 Å². The van der Waals surface area contributed by atoms with E-state index < -0.39 is 6.29 Å². The predicted octanol–water partition coefficient (Wildman–Crippen LogP) is 2.81. The van der Waals surface area contributed by atoms with Crippen LogP contribution in [0.2, 0.25) is 0 Å². The quantitative estimate of drug-likeness (QED) is 0.661. The summed E-state index contributed by atoms with van der Waals surface area (Å²) in [6.45, 7) is 2.90. The first kappa shape index (κ1) is 20.3. The molecule has 2 heterocycles. The van der Waals surface area contributed by atoms with Gasteiger partial charge in [-0.2, -0.15) is 0 Å². The Kier molecular flexibility index (Phi) is 7.70. The average molecular weight is 440 g/mol. The molecular weight excluding hydrogens is 414 g/mol. The standard InChI is InChI=1S/C20H26BrNO5/c21-17-5-3-15(4-6-17)16-13-18(20(24)22-7-11-25-12-8-22)27-19(14-16)26-10-2-1-9-23/h3-6,13,16,19,23H,1-2,7-12,14H2/t16-,19+/m1/s1. The molecule has 3 rings (SSSR count). The molecule has 1 aromatic rings. The lowest BCUT2D eigenvalue weighted by Crippen LogP contribution is -2.43. The topological polar surface area (TPSA) is 68.2 Å². The molecule has 2 aliphatic rings. The van der Waals surface area contributed by atoms with Gasteiger partial charge in [-0.25, -0.2) is 0 Å². The number of carbonyl (C=O) groups excluding carboxylic acids is 1. The number of unbranched alkanes of at least 4 members (excludes halogenated alkanes) is 1. The molecule has 27 heavy (non-hydrogen) atoms. The molecule has 1 amide bonds. The number of morpholine rings is 1. The van der Waals surface area contributed by atoms with Gasteiger partial charge in [-0.1, -0.05) is 28.1 Å². The van der Waals surface area contributed by atoms with Crippen molar-refractivity contribution in [3.63, 3.8) is 0 Å².